The lowest BCUT2D eigenvalue weighted by atomic mass is 10.0. The molecule has 0 saturated heterocycles. The average Bonchev–Trinajstić information content (AvgIpc) is 3.08. The number of ether oxygens (including phenoxy) is 3. The number of hydrogen-bond donors (Lipinski definition) is 0. The summed E-state index contributed by atoms with van der Waals surface area (Å²) in [5.74, 6) is -0.394. The van der Waals surface area contributed by atoms with Crippen molar-refractivity contribution in [3.05, 3.63) is 0 Å². The summed E-state index contributed by atoms with van der Waals surface area (Å²) in [6, 6.07) is 0. The first kappa shape index (κ1) is 46.9. The van der Waals surface area contributed by atoms with Gasteiger partial charge in [0.25, 0.3) is 0 Å². The summed E-state index contributed by atoms with van der Waals surface area (Å²) in [5.41, 5.74) is 0. The molecular weight excluding hydrogens is 596 g/mol. The molecule has 0 radical (unpaired) electrons. The molecular formula is C43H84O5. The van der Waals surface area contributed by atoms with Gasteiger partial charge in [-0.3, -0.25) is 9.59 Å². The third kappa shape index (κ3) is 37.7. The van der Waals surface area contributed by atoms with E-state index in [-0.39, 0.29) is 18.5 Å². The normalized spacial score (nSPS) is 12.0. The summed E-state index contributed by atoms with van der Waals surface area (Å²) in [7, 11) is 0. The van der Waals surface area contributed by atoms with Crippen LogP contribution >= 0.6 is 0 Å². The van der Waals surface area contributed by atoms with Gasteiger partial charge in [0.2, 0.25) is 0 Å². The molecule has 0 fully saturated rings. The highest BCUT2D eigenvalue weighted by Crippen LogP contribution is 2.15. The van der Waals surface area contributed by atoms with Gasteiger partial charge in [-0.2, -0.15) is 0 Å². The van der Waals surface area contributed by atoms with Gasteiger partial charge in [0.15, 0.2) is 6.10 Å². The maximum absolute atomic E-state index is 12.5. The van der Waals surface area contributed by atoms with Crippen LogP contribution in [-0.2, 0) is 23.8 Å². The minimum Gasteiger partial charge on any atom is -0.462 e. The van der Waals surface area contributed by atoms with Gasteiger partial charge in [0, 0.05) is 19.4 Å². The van der Waals surface area contributed by atoms with Crippen molar-refractivity contribution in [1.29, 1.82) is 0 Å². The molecule has 1 unspecified atom stereocenters. The molecule has 0 aromatic carbocycles. The van der Waals surface area contributed by atoms with E-state index >= 15 is 0 Å². The van der Waals surface area contributed by atoms with Crippen LogP contribution in [-0.4, -0.2) is 37.9 Å². The van der Waals surface area contributed by atoms with Crippen LogP contribution in [0.2, 0.25) is 0 Å². The van der Waals surface area contributed by atoms with Crippen molar-refractivity contribution in [3.63, 3.8) is 0 Å². The molecule has 48 heavy (non-hydrogen) atoms. The summed E-state index contributed by atoms with van der Waals surface area (Å²) < 4.78 is 17.2. The van der Waals surface area contributed by atoms with Gasteiger partial charge in [-0.05, 0) is 19.3 Å². The Morgan fingerprint density at radius 2 is 0.688 bits per heavy atom. The molecule has 5 heteroatoms. The average molecular weight is 681 g/mol. The first-order chi connectivity index (χ1) is 23.6. The second kappa shape index (κ2) is 40.3. The molecule has 286 valence electrons. The van der Waals surface area contributed by atoms with Crippen molar-refractivity contribution in [2.24, 2.45) is 0 Å². The lowest BCUT2D eigenvalue weighted by molar-refractivity contribution is -0.163. The van der Waals surface area contributed by atoms with Gasteiger partial charge < -0.3 is 14.2 Å². The molecule has 0 aliphatic carbocycles. The topological polar surface area (TPSA) is 61.8 Å². The standard InChI is InChI=1S/C43H84O5/c1-4-7-10-13-15-17-19-21-23-25-27-29-32-35-38-46-39-41(48-43(45)37-34-30-12-9-6-3)40-47-42(44)36-33-31-28-26-24-22-20-18-16-14-11-8-5-2/h41H,4-40H2,1-3H3. The molecule has 0 aromatic heterocycles. The maximum Gasteiger partial charge on any atom is 0.306 e. The lowest BCUT2D eigenvalue weighted by Gasteiger charge is -2.18. The quantitative estimate of drug-likeness (QED) is 0.0476. The molecule has 0 heterocycles. The Kier molecular flexibility index (Phi) is 39.4. The minimum absolute atomic E-state index is 0.0948. The van der Waals surface area contributed by atoms with Crippen molar-refractivity contribution >= 4 is 11.9 Å². The molecule has 0 N–H and O–H groups in total. The number of rotatable bonds is 40. The zero-order chi connectivity index (χ0) is 35.0. The summed E-state index contributed by atoms with van der Waals surface area (Å²) >= 11 is 0. The van der Waals surface area contributed by atoms with Crippen LogP contribution in [0.5, 0.6) is 0 Å². The van der Waals surface area contributed by atoms with Crippen molar-refractivity contribution in [2.75, 3.05) is 19.8 Å². The van der Waals surface area contributed by atoms with Crippen LogP contribution in [0.15, 0.2) is 0 Å². The van der Waals surface area contributed by atoms with Crippen molar-refractivity contribution < 1.29 is 23.8 Å². The predicted molar refractivity (Wildman–Crippen MR) is 206 cm³/mol. The fraction of sp³-hybridized carbons (Fsp3) is 0.953. The number of carbonyl (C=O) groups excluding carboxylic acids is 2. The van der Waals surface area contributed by atoms with Gasteiger partial charge in [-0.25, -0.2) is 0 Å². The maximum atomic E-state index is 12.5. The number of hydrogen-bond acceptors (Lipinski definition) is 5. The van der Waals surface area contributed by atoms with Crippen LogP contribution in [0, 0.1) is 0 Å². The Labute approximate surface area is 300 Å². The molecule has 5 nitrogen and oxygen atoms in total. The third-order valence-electron chi connectivity index (χ3n) is 9.64. The highest BCUT2D eigenvalue weighted by molar-refractivity contribution is 5.70. The van der Waals surface area contributed by atoms with E-state index < -0.39 is 6.10 Å². The van der Waals surface area contributed by atoms with Gasteiger partial charge in [-0.15, -0.1) is 0 Å². The number of unbranched alkanes of at least 4 members (excludes halogenated alkanes) is 29. The zero-order valence-electron chi connectivity index (χ0n) is 32.8. The Morgan fingerprint density at radius 1 is 0.375 bits per heavy atom. The third-order valence-corrected chi connectivity index (χ3v) is 9.64. The molecule has 0 aliphatic rings. The molecule has 0 rings (SSSR count). The zero-order valence-corrected chi connectivity index (χ0v) is 32.8. The van der Waals surface area contributed by atoms with Gasteiger partial charge in [0.1, 0.15) is 6.61 Å². The van der Waals surface area contributed by atoms with E-state index in [1.807, 2.05) is 0 Å². The van der Waals surface area contributed by atoms with Crippen LogP contribution < -0.4 is 0 Å². The first-order valence-electron chi connectivity index (χ1n) is 21.6. The van der Waals surface area contributed by atoms with Crippen LogP contribution in [0.25, 0.3) is 0 Å². The second-order valence-corrected chi connectivity index (χ2v) is 14.6. The lowest BCUT2D eigenvalue weighted by Crippen LogP contribution is -2.30. The van der Waals surface area contributed by atoms with Crippen LogP contribution in [0.3, 0.4) is 0 Å². The van der Waals surface area contributed by atoms with Crippen LogP contribution in [0.1, 0.15) is 239 Å². The molecule has 1 atom stereocenters. The van der Waals surface area contributed by atoms with Gasteiger partial charge in [-0.1, -0.05) is 207 Å². The molecule has 0 aliphatic heterocycles. The summed E-state index contributed by atoms with van der Waals surface area (Å²) in [6.45, 7) is 7.80. The summed E-state index contributed by atoms with van der Waals surface area (Å²) in [6.07, 6.45) is 41.2. The fourth-order valence-corrected chi connectivity index (χ4v) is 6.39. The van der Waals surface area contributed by atoms with E-state index in [0.29, 0.717) is 26.1 Å². The van der Waals surface area contributed by atoms with E-state index in [1.165, 1.54) is 167 Å². The van der Waals surface area contributed by atoms with E-state index in [9.17, 15) is 9.59 Å². The van der Waals surface area contributed by atoms with Crippen LogP contribution in [0.4, 0.5) is 0 Å². The van der Waals surface area contributed by atoms with E-state index in [1.54, 1.807) is 0 Å². The molecule has 0 saturated carbocycles. The van der Waals surface area contributed by atoms with Crippen molar-refractivity contribution in [3.8, 4) is 0 Å². The summed E-state index contributed by atoms with van der Waals surface area (Å²) in [5, 5.41) is 0. The Balaban J connectivity index is 4.02. The number of esters is 2. The SMILES string of the molecule is CCCCCCCCCCCCCCCCOCC(COC(=O)CCCCCCCCCCCCCCC)OC(=O)CCCCCCC. The van der Waals surface area contributed by atoms with Crippen molar-refractivity contribution in [2.45, 2.75) is 245 Å². The van der Waals surface area contributed by atoms with E-state index in [2.05, 4.69) is 20.8 Å². The predicted octanol–water partition coefficient (Wildman–Crippen LogP) is 13.8. The fourth-order valence-electron chi connectivity index (χ4n) is 6.39. The molecule has 0 spiro atoms. The minimum atomic E-state index is -0.518. The highest BCUT2D eigenvalue weighted by Gasteiger charge is 2.17. The Hall–Kier alpha value is -1.10. The highest BCUT2D eigenvalue weighted by atomic mass is 16.6. The molecule has 0 aromatic rings. The van der Waals surface area contributed by atoms with Crippen molar-refractivity contribution in [1.82, 2.24) is 0 Å². The van der Waals surface area contributed by atoms with Gasteiger partial charge in [0.05, 0.1) is 6.61 Å². The monoisotopic (exact) mass is 681 g/mol. The smallest absolute Gasteiger partial charge is 0.306 e. The Bertz CT molecular complexity index is 651. The molecule has 0 bridgehead atoms. The van der Waals surface area contributed by atoms with Gasteiger partial charge >= 0.3 is 11.9 Å². The largest absolute Gasteiger partial charge is 0.462 e. The van der Waals surface area contributed by atoms with E-state index in [4.69, 9.17) is 14.2 Å². The number of carbonyl (C=O) groups is 2. The molecule has 0 amide bonds. The van der Waals surface area contributed by atoms with E-state index in [0.717, 1.165) is 38.5 Å². The first-order valence-corrected chi connectivity index (χ1v) is 21.6. The second-order valence-electron chi connectivity index (χ2n) is 14.6. The Morgan fingerprint density at radius 3 is 1.06 bits per heavy atom. The summed E-state index contributed by atoms with van der Waals surface area (Å²) in [4.78, 5) is 24.9.